The third-order valence-corrected chi connectivity index (χ3v) is 5.04. The van der Waals surface area contributed by atoms with Gasteiger partial charge in [-0.25, -0.2) is 0 Å². The molecule has 1 aromatic heterocycles. The highest BCUT2D eigenvalue weighted by Crippen LogP contribution is 2.47. The van der Waals surface area contributed by atoms with Gasteiger partial charge in [0.25, 0.3) is 0 Å². The summed E-state index contributed by atoms with van der Waals surface area (Å²) in [6.45, 7) is 1.51. The number of aliphatic imine (C=N–C) groups is 1. The minimum atomic E-state index is -4.52. The number of alkyl halides is 3. The van der Waals surface area contributed by atoms with Crippen LogP contribution in [0.5, 0.6) is 0 Å². The molecule has 1 aliphatic carbocycles. The van der Waals surface area contributed by atoms with Crippen molar-refractivity contribution in [1.82, 2.24) is 5.16 Å². The maximum Gasteiger partial charge on any atom is 0.433 e. The van der Waals surface area contributed by atoms with Crippen LogP contribution in [0.2, 0.25) is 0 Å². The number of nitrogens with zero attached hydrogens (tertiary/aromatic N) is 2. The van der Waals surface area contributed by atoms with E-state index in [1.54, 1.807) is 6.26 Å². The summed E-state index contributed by atoms with van der Waals surface area (Å²) < 4.78 is 44.8. The molecule has 0 amide bonds. The van der Waals surface area contributed by atoms with Gasteiger partial charge in [-0.05, 0) is 37.5 Å². The summed E-state index contributed by atoms with van der Waals surface area (Å²) in [6, 6.07) is -0.885. The first kappa shape index (κ1) is 16.3. The van der Waals surface area contributed by atoms with Gasteiger partial charge < -0.3 is 9.32 Å². The summed E-state index contributed by atoms with van der Waals surface area (Å²) in [5.41, 5.74) is -1.54. The minimum Gasteiger partial charge on any atom is -0.363 e. The summed E-state index contributed by atoms with van der Waals surface area (Å²) in [7, 11) is 0. The molecule has 2 heterocycles. The third kappa shape index (κ3) is 2.62. The number of hydrogen-bond acceptors (Lipinski definition) is 5. The summed E-state index contributed by atoms with van der Waals surface area (Å²) in [4.78, 5) is 15.8. The van der Waals surface area contributed by atoms with Gasteiger partial charge >= 0.3 is 6.18 Å². The van der Waals surface area contributed by atoms with Crippen molar-refractivity contribution in [2.24, 2.45) is 10.9 Å². The molecule has 0 aromatic carbocycles. The van der Waals surface area contributed by atoms with E-state index in [9.17, 15) is 18.0 Å². The second kappa shape index (κ2) is 5.51. The van der Waals surface area contributed by atoms with Crippen LogP contribution < -0.4 is 0 Å². The first-order valence-corrected chi connectivity index (χ1v) is 8.39. The summed E-state index contributed by atoms with van der Waals surface area (Å²) in [6.07, 6.45) is 2.03. The van der Waals surface area contributed by atoms with E-state index in [0.717, 1.165) is 0 Å². The van der Waals surface area contributed by atoms with Gasteiger partial charge in [-0.1, -0.05) is 11.2 Å². The Bertz CT molecular complexity index is 691. The summed E-state index contributed by atoms with van der Waals surface area (Å²) in [5, 5.41) is 4.31. The van der Waals surface area contributed by atoms with E-state index in [1.807, 2.05) is 0 Å². The van der Waals surface area contributed by atoms with Crippen LogP contribution in [0.25, 0.3) is 0 Å². The number of dihydropyridines is 1. The molecule has 4 nitrogen and oxygen atoms in total. The maximum atomic E-state index is 13.3. The molecule has 3 rings (SSSR count). The SMILES string of the molecule is CSc1nocc1C1(C=O)C=C(C2CC2)C(C(F)(F)F)=NC1C. The fourth-order valence-corrected chi connectivity index (χ4v) is 3.49. The molecular formula is C15H15F3N2O2S. The Kier molecular flexibility index (Phi) is 3.90. The van der Waals surface area contributed by atoms with E-state index < -0.39 is 23.3 Å². The first-order chi connectivity index (χ1) is 10.8. The molecule has 1 fully saturated rings. The van der Waals surface area contributed by atoms with Crippen molar-refractivity contribution in [3.63, 3.8) is 0 Å². The van der Waals surface area contributed by atoms with E-state index in [4.69, 9.17) is 4.52 Å². The molecule has 1 aliphatic heterocycles. The van der Waals surface area contributed by atoms with Crippen molar-refractivity contribution in [1.29, 1.82) is 0 Å². The molecule has 0 spiro atoms. The standard InChI is InChI=1S/C15H15F3N2O2S/c1-8-14(7-21,11-6-22-20-13(11)23-2)5-10(9-3-4-9)12(19-8)15(16,17)18/h5-9H,3-4H2,1-2H3. The van der Waals surface area contributed by atoms with Crippen molar-refractivity contribution >= 4 is 23.8 Å². The molecule has 0 saturated heterocycles. The zero-order valence-electron chi connectivity index (χ0n) is 12.6. The highest BCUT2D eigenvalue weighted by atomic mass is 32.2. The van der Waals surface area contributed by atoms with Gasteiger partial charge in [-0.3, -0.25) is 4.99 Å². The topological polar surface area (TPSA) is 55.5 Å². The molecule has 8 heteroatoms. The number of aldehydes is 1. The summed E-state index contributed by atoms with van der Waals surface area (Å²) in [5.74, 6) is -0.181. The van der Waals surface area contributed by atoms with Gasteiger partial charge in [0.1, 0.15) is 23.3 Å². The van der Waals surface area contributed by atoms with Gasteiger partial charge in [0.15, 0.2) is 0 Å². The van der Waals surface area contributed by atoms with E-state index >= 15 is 0 Å². The highest BCUT2D eigenvalue weighted by Gasteiger charge is 2.51. The third-order valence-electron chi connectivity index (χ3n) is 4.36. The van der Waals surface area contributed by atoms with E-state index in [0.29, 0.717) is 29.7 Å². The highest BCUT2D eigenvalue weighted by molar-refractivity contribution is 7.98. The Hall–Kier alpha value is -1.57. The van der Waals surface area contributed by atoms with Crippen molar-refractivity contribution in [2.45, 2.75) is 42.4 Å². The number of aromatic nitrogens is 1. The molecule has 23 heavy (non-hydrogen) atoms. The Morgan fingerprint density at radius 3 is 2.65 bits per heavy atom. The lowest BCUT2D eigenvalue weighted by atomic mass is 9.73. The molecule has 2 unspecified atom stereocenters. The predicted molar refractivity (Wildman–Crippen MR) is 79.8 cm³/mol. The van der Waals surface area contributed by atoms with Crippen LogP contribution in [0, 0.1) is 5.92 Å². The van der Waals surface area contributed by atoms with E-state index in [1.165, 1.54) is 31.0 Å². The fraction of sp³-hybridized carbons (Fsp3) is 0.533. The zero-order chi connectivity index (χ0) is 16.8. The van der Waals surface area contributed by atoms with Gasteiger partial charge in [0, 0.05) is 5.56 Å². The van der Waals surface area contributed by atoms with Crippen LogP contribution in [0.15, 0.2) is 32.5 Å². The molecular weight excluding hydrogens is 329 g/mol. The molecule has 1 aromatic rings. The van der Waals surface area contributed by atoms with Gasteiger partial charge in [0.05, 0.1) is 11.5 Å². The molecule has 0 N–H and O–H groups in total. The lowest BCUT2D eigenvalue weighted by Crippen LogP contribution is -2.43. The molecule has 124 valence electrons. The number of hydrogen-bond donors (Lipinski definition) is 0. The Balaban J connectivity index is 2.16. The molecule has 0 radical (unpaired) electrons. The lowest BCUT2D eigenvalue weighted by Gasteiger charge is -2.34. The van der Waals surface area contributed by atoms with Crippen LogP contribution in [0.4, 0.5) is 13.2 Å². The minimum absolute atomic E-state index is 0.121. The fourth-order valence-electron chi connectivity index (χ4n) is 2.92. The van der Waals surface area contributed by atoms with Gasteiger partial charge in [-0.15, -0.1) is 11.8 Å². The van der Waals surface area contributed by atoms with Crippen LogP contribution in [-0.2, 0) is 10.2 Å². The monoisotopic (exact) mass is 344 g/mol. The predicted octanol–water partition coefficient (Wildman–Crippen LogP) is 3.58. The second-order valence-electron chi connectivity index (χ2n) is 5.81. The van der Waals surface area contributed by atoms with E-state index in [-0.39, 0.29) is 11.5 Å². The van der Waals surface area contributed by atoms with E-state index in [2.05, 4.69) is 10.1 Å². The smallest absolute Gasteiger partial charge is 0.363 e. The Morgan fingerprint density at radius 1 is 1.43 bits per heavy atom. The zero-order valence-corrected chi connectivity index (χ0v) is 13.4. The van der Waals surface area contributed by atoms with Crippen molar-refractivity contribution in [2.75, 3.05) is 6.26 Å². The average Bonchev–Trinajstić information content (AvgIpc) is 3.23. The Morgan fingerprint density at radius 2 is 2.13 bits per heavy atom. The molecule has 1 saturated carbocycles. The van der Waals surface area contributed by atoms with Crippen molar-refractivity contribution in [3.05, 3.63) is 23.5 Å². The van der Waals surface area contributed by atoms with Crippen LogP contribution in [0.1, 0.15) is 25.3 Å². The van der Waals surface area contributed by atoms with Crippen LogP contribution in [-0.4, -0.2) is 35.6 Å². The Labute approximate surface area is 135 Å². The number of thioether (sulfide) groups is 1. The number of allylic oxidation sites excluding steroid dienone is 1. The van der Waals surface area contributed by atoms with Crippen molar-refractivity contribution < 1.29 is 22.5 Å². The van der Waals surface area contributed by atoms with Crippen LogP contribution in [0.3, 0.4) is 0 Å². The number of rotatable bonds is 4. The maximum absolute atomic E-state index is 13.3. The largest absolute Gasteiger partial charge is 0.433 e. The number of carbonyl (C=O) groups is 1. The average molecular weight is 344 g/mol. The van der Waals surface area contributed by atoms with Gasteiger partial charge in [-0.2, -0.15) is 13.2 Å². The molecule has 2 atom stereocenters. The van der Waals surface area contributed by atoms with Crippen molar-refractivity contribution in [3.8, 4) is 0 Å². The molecule has 2 aliphatic rings. The lowest BCUT2D eigenvalue weighted by molar-refractivity contribution is -0.111. The summed E-state index contributed by atoms with van der Waals surface area (Å²) >= 11 is 1.28. The first-order valence-electron chi connectivity index (χ1n) is 7.16. The molecule has 0 bridgehead atoms. The normalized spacial score (nSPS) is 28.3. The second-order valence-corrected chi connectivity index (χ2v) is 6.61. The van der Waals surface area contributed by atoms with Crippen LogP contribution >= 0.6 is 11.8 Å². The number of carbonyl (C=O) groups excluding carboxylic acids is 1. The quantitative estimate of drug-likeness (QED) is 0.619. The number of halogens is 3. The van der Waals surface area contributed by atoms with Gasteiger partial charge in [0.2, 0.25) is 0 Å².